The third-order valence-corrected chi connectivity index (χ3v) is 7.77. The zero-order chi connectivity index (χ0) is 17.2. The molecule has 4 rings (SSSR count). The van der Waals surface area contributed by atoms with Gasteiger partial charge in [0.25, 0.3) is 0 Å². The van der Waals surface area contributed by atoms with Crippen molar-refractivity contribution in [1.82, 2.24) is 4.90 Å². The molecule has 2 N–H and O–H groups in total. The number of fused-ring (bicyclic) bond motifs is 1. The van der Waals surface area contributed by atoms with Gasteiger partial charge in [-0.15, -0.1) is 0 Å². The summed E-state index contributed by atoms with van der Waals surface area (Å²) in [6.07, 6.45) is 12.7. The predicted octanol–water partition coefficient (Wildman–Crippen LogP) is 3.20. The molecule has 2 saturated carbocycles. The predicted molar refractivity (Wildman–Crippen MR) is 99.0 cm³/mol. The molecule has 142 valence electrons. The number of carbonyl (C=O) groups excluding carboxylic acids is 1. The summed E-state index contributed by atoms with van der Waals surface area (Å²) in [5, 5.41) is 0. The first-order valence-electron chi connectivity index (χ1n) is 10.9. The Bertz CT molecular complexity index is 461. The average Bonchev–Trinajstić information content (AvgIpc) is 3.16. The number of carbonyl (C=O) groups is 1. The van der Waals surface area contributed by atoms with E-state index in [1.54, 1.807) is 0 Å². The second-order valence-corrected chi connectivity index (χ2v) is 9.09. The molecule has 2 aliphatic heterocycles. The van der Waals surface area contributed by atoms with Crippen LogP contribution in [0.4, 0.5) is 0 Å². The van der Waals surface area contributed by atoms with Gasteiger partial charge in [-0.2, -0.15) is 0 Å². The number of piperidine rings is 1. The third kappa shape index (κ3) is 3.75. The van der Waals surface area contributed by atoms with Gasteiger partial charge in [0.1, 0.15) is 0 Å². The highest BCUT2D eigenvalue weighted by atomic mass is 16.5. The van der Waals surface area contributed by atoms with Gasteiger partial charge >= 0.3 is 0 Å². The smallest absolute Gasteiger partial charge is 0.226 e. The molecule has 2 heterocycles. The average molecular weight is 349 g/mol. The Balaban J connectivity index is 1.30. The number of ether oxygens (including phenoxy) is 1. The molecule has 0 spiro atoms. The number of hydrogen-bond donors (Lipinski definition) is 1. The van der Waals surface area contributed by atoms with Crippen LogP contribution < -0.4 is 5.73 Å². The van der Waals surface area contributed by atoms with Crippen molar-refractivity contribution >= 4 is 5.91 Å². The van der Waals surface area contributed by atoms with Crippen LogP contribution in [0.3, 0.4) is 0 Å². The molecule has 0 aromatic heterocycles. The number of nitrogens with zero attached hydrogens (tertiary/aromatic N) is 1. The van der Waals surface area contributed by atoms with Crippen LogP contribution >= 0.6 is 0 Å². The first kappa shape index (κ1) is 17.8. The molecule has 5 atom stereocenters. The molecule has 0 aromatic rings. The van der Waals surface area contributed by atoms with Gasteiger partial charge in [0.05, 0.1) is 6.10 Å². The molecular weight excluding hydrogens is 312 g/mol. The van der Waals surface area contributed by atoms with E-state index in [1.165, 1.54) is 44.9 Å². The van der Waals surface area contributed by atoms with Crippen LogP contribution in [-0.4, -0.2) is 43.2 Å². The van der Waals surface area contributed by atoms with Crippen molar-refractivity contribution in [3.05, 3.63) is 0 Å². The van der Waals surface area contributed by atoms with Gasteiger partial charge in [0.2, 0.25) is 5.91 Å². The van der Waals surface area contributed by atoms with E-state index in [-0.39, 0.29) is 5.92 Å². The molecule has 0 bridgehead atoms. The van der Waals surface area contributed by atoms with E-state index in [9.17, 15) is 4.79 Å². The summed E-state index contributed by atoms with van der Waals surface area (Å²) in [6, 6.07) is 0. The summed E-state index contributed by atoms with van der Waals surface area (Å²) in [5.41, 5.74) is 5.92. The summed E-state index contributed by atoms with van der Waals surface area (Å²) in [4.78, 5) is 15.3. The first-order valence-corrected chi connectivity index (χ1v) is 10.9. The lowest BCUT2D eigenvalue weighted by Crippen LogP contribution is -2.47. The molecule has 25 heavy (non-hydrogen) atoms. The van der Waals surface area contributed by atoms with Crippen LogP contribution in [-0.2, 0) is 9.53 Å². The number of amides is 1. The quantitative estimate of drug-likeness (QED) is 0.852. The van der Waals surface area contributed by atoms with Crippen molar-refractivity contribution in [2.45, 2.75) is 70.3 Å². The third-order valence-electron chi connectivity index (χ3n) is 7.77. The van der Waals surface area contributed by atoms with Crippen LogP contribution in [0.2, 0.25) is 0 Å². The Hall–Kier alpha value is -0.610. The van der Waals surface area contributed by atoms with Gasteiger partial charge in [0, 0.05) is 25.6 Å². The summed E-state index contributed by atoms with van der Waals surface area (Å²) in [6.45, 7) is 3.70. The van der Waals surface area contributed by atoms with Crippen LogP contribution in [0.25, 0.3) is 0 Å². The van der Waals surface area contributed by atoms with Gasteiger partial charge in [-0.1, -0.05) is 19.3 Å². The second kappa shape index (κ2) is 7.96. The minimum absolute atomic E-state index is 0.245. The van der Waals surface area contributed by atoms with Crippen molar-refractivity contribution in [1.29, 1.82) is 0 Å². The van der Waals surface area contributed by atoms with Gasteiger partial charge in [-0.25, -0.2) is 0 Å². The highest BCUT2D eigenvalue weighted by Crippen LogP contribution is 2.41. The van der Waals surface area contributed by atoms with Gasteiger partial charge in [0.15, 0.2) is 0 Å². The molecule has 2 saturated heterocycles. The number of rotatable bonds is 3. The van der Waals surface area contributed by atoms with E-state index in [0.29, 0.717) is 17.9 Å². The SMILES string of the molecule is NCC1CCCC(C2CCN(C(=O)C3CCCC4OCCC43)CC2)C1. The van der Waals surface area contributed by atoms with Crippen molar-refractivity contribution in [2.75, 3.05) is 26.2 Å². The minimum atomic E-state index is 0.245. The number of likely N-dealkylation sites (tertiary alicyclic amines) is 1. The monoisotopic (exact) mass is 348 g/mol. The van der Waals surface area contributed by atoms with Gasteiger partial charge in [-0.3, -0.25) is 4.79 Å². The van der Waals surface area contributed by atoms with Crippen molar-refractivity contribution in [3.63, 3.8) is 0 Å². The molecule has 0 radical (unpaired) electrons. The van der Waals surface area contributed by atoms with Crippen LogP contribution in [0.1, 0.15) is 64.2 Å². The number of hydrogen-bond acceptors (Lipinski definition) is 3. The first-order chi connectivity index (χ1) is 12.3. The Labute approximate surface area is 152 Å². The van der Waals surface area contributed by atoms with Crippen molar-refractivity contribution in [3.8, 4) is 0 Å². The fourth-order valence-electron chi connectivity index (χ4n) is 6.28. The lowest BCUT2D eigenvalue weighted by Gasteiger charge is -2.41. The largest absolute Gasteiger partial charge is 0.378 e. The second-order valence-electron chi connectivity index (χ2n) is 9.09. The molecule has 4 nitrogen and oxygen atoms in total. The topological polar surface area (TPSA) is 55.6 Å². The maximum atomic E-state index is 13.1. The molecule has 0 aromatic carbocycles. The number of nitrogens with two attached hydrogens (primary N) is 1. The Morgan fingerprint density at radius 2 is 1.76 bits per heavy atom. The van der Waals surface area contributed by atoms with E-state index in [4.69, 9.17) is 10.5 Å². The fourth-order valence-corrected chi connectivity index (χ4v) is 6.28. The van der Waals surface area contributed by atoms with E-state index < -0.39 is 0 Å². The van der Waals surface area contributed by atoms with Crippen molar-refractivity contribution < 1.29 is 9.53 Å². The maximum Gasteiger partial charge on any atom is 0.226 e. The molecule has 5 unspecified atom stereocenters. The summed E-state index contributed by atoms with van der Waals surface area (Å²) >= 11 is 0. The molecule has 4 aliphatic rings. The lowest BCUT2D eigenvalue weighted by atomic mass is 9.71. The summed E-state index contributed by atoms with van der Waals surface area (Å²) in [7, 11) is 0. The van der Waals surface area contributed by atoms with Crippen LogP contribution in [0.15, 0.2) is 0 Å². The molecular formula is C21H36N2O2. The highest BCUT2D eigenvalue weighted by molar-refractivity contribution is 5.79. The normalized spacial score (nSPS) is 40.0. The van der Waals surface area contributed by atoms with Gasteiger partial charge in [-0.05, 0) is 75.2 Å². The fraction of sp³-hybridized carbons (Fsp3) is 0.952. The van der Waals surface area contributed by atoms with Crippen LogP contribution in [0.5, 0.6) is 0 Å². The van der Waals surface area contributed by atoms with Crippen molar-refractivity contribution in [2.24, 2.45) is 35.3 Å². The minimum Gasteiger partial charge on any atom is -0.378 e. The van der Waals surface area contributed by atoms with Crippen LogP contribution in [0, 0.1) is 29.6 Å². The van der Waals surface area contributed by atoms with Gasteiger partial charge < -0.3 is 15.4 Å². The van der Waals surface area contributed by atoms with E-state index in [2.05, 4.69) is 4.90 Å². The van der Waals surface area contributed by atoms with E-state index in [0.717, 1.165) is 63.3 Å². The Kier molecular flexibility index (Phi) is 5.66. The standard InChI is InChI=1S/C21H36N2O2/c22-14-15-3-1-4-17(13-15)16-7-10-23(11-8-16)21(24)19-5-2-6-20-18(19)9-12-25-20/h15-20H,1-14,22H2. The molecule has 1 amide bonds. The lowest BCUT2D eigenvalue weighted by molar-refractivity contribution is -0.141. The zero-order valence-corrected chi connectivity index (χ0v) is 15.7. The highest BCUT2D eigenvalue weighted by Gasteiger charge is 2.43. The van der Waals surface area contributed by atoms with E-state index >= 15 is 0 Å². The summed E-state index contributed by atoms with van der Waals surface area (Å²) < 4.78 is 5.86. The Morgan fingerprint density at radius 1 is 0.960 bits per heavy atom. The molecule has 4 fully saturated rings. The summed E-state index contributed by atoms with van der Waals surface area (Å²) in [5.74, 6) is 3.63. The maximum absolute atomic E-state index is 13.1. The Morgan fingerprint density at radius 3 is 2.56 bits per heavy atom. The zero-order valence-electron chi connectivity index (χ0n) is 15.7. The molecule has 4 heteroatoms. The molecule has 2 aliphatic carbocycles. The van der Waals surface area contributed by atoms with E-state index in [1.807, 2.05) is 0 Å².